The molecule has 0 saturated heterocycles. The third-order valence-electron chi connectivity index (χ3n) is 2.21. The summed E-state index contributed by atoms with van der Waals surface area (Å²) in [5, 5.41) is 8.71. The summed E-state index contributed by atoms with van der Waals surface area (Å²) < 4.78 is 0. The minimum atomic E-state index is -0.0256. The van der Waals surface area contributed by atoms with Crippen LogP contribution in [0.2, 0.25) is 0 Å². The first-order valence-electron chi connectivity index (χ1n) is 3.80. The molecular formula is C8H14O2. The quantitative estimate of drug-likeness (QED) is 0.594. The SMILES string of the molecule is CC(CO)CC1(C=O)CC1. The van der Waals surface area contributed by atoms with Crippen molar-refractivity contribution < 1.29 is 9.90 Å². The molecule has 0 spiro atoms. The van der Waals surface area contributed by atoms with E-state index in [1.165, 1.54) is 0 Å². The lowest BCUT2D eigenvalue weighted by Gasteiger charge is -2.11. The van der Waals surface area contributed by atoms with Crippen LogP contribution in [-0.4, -0.2) is 18.0 Å². The van der Waals surface area contributed by atoms with E-state index < -0.39 is 0 Å². The lowest BCUT2D eigenvalue weighted by Crippen LogP contribution is -2.11. The molecule has 0 heterocycles. The standard InChI is InChI=1S/C8H14O2/c1-7(5-9)4-8(6-10)2-3-8/h6-7,9H,2-5H2,1H3. The number of hydrogen-bond donors (Lipinski definition) is 1. The molecule has 1 unspecified atom stereocenters. The van der Waals surface area contributed by atoms with Crippen molar-refractivity contribution >= 4 is 6.29 Å². The van der Waals surface area contributed by atoms with Gasteiger partial charge >= 0.3 is 0 Å². The summed E-state index contributed by atoms with van der Waals surface area (Å²) in [6, 6.07) is 0. The van der Waals surface area contributed by atoms with Crippen LogP contribution in [0.25, 0.3) is 0 Å². The van der Waals surface area contributed by atoms with E-state index in [1.54, 1.807) is 0 Å². The van der Waals surface area contributed by atoms with Crippen LogP contribution >= 0.6 is 0 Å². The Morgan fingerprint density at radius 2 is 2.30 bits per heavy atom. The molecule has 0 bridgehead atoms. The third kappa shape index (κ3) is 1.57. The fourth-order valence-corrected chi connectivity index (χ4v) is 1.29. The fourth-order valence-electron chi connectivity index (χ4n) is 1.29. The van der Waals surface area contributed by atoms with Gasteiger partial charge in [0.15, 0.2) is 0 Å². The fraction of sp³-hybridized carbons (Fsp3) is 0.875. The summed E-state index contributed by atoms with van der Waals surface area (Å²) in [6.45, 7) is 2.18. The van der Waals surface area contributed by atoms with E-state index in [0.29, 0.717) is 0 Å². The Hall–Kier alpha value is -0.370. The molecule has 10 heavy (non-hydrogen) atoms. The third-order valence-corrected chi connectivity index (χ3v) is 2.21. The van der Waals surface area contributed by atoms with Gasteiger partial charge < -0.3 is 9.90 Å². The molecule has 1 aliphatic rings. The molecule has 1 rings (SSSR count). The van der Waals surface area contributed by atoms with E-state index >= 15 is 0 Å². The van der Waals surface area contributed by atoms with Crippen LogP contribution in [0.15, 0.2) is 0 Å². The van der Waals surface area contributed by atoms with Gasteiger partial charge in [-0.05, 0) is 25.2 Å². The largest absolute Gasteiger partial charge is 0.396 e. The van der Waals surface area contributed by atoms with Gasteiger partial charge in [0.2, 0.25) is 0 Å². The average Bonchev–Trinajstić information content (AvgIpc) is 2.70. The molecule has 1 aliphatic carbocycles. The van der Waals surface area contributed by atoms with Gasteiger partial charge in [-0.15, -0.1) is 0 Å². The molecule has 1 saturated carbocycles. The molecule has 0 aromatic carbocycles. The highest BCUT2D eigenvalue weighted by Gasteiger charge is 2.42. The zero-order chi connectivity index (χ0) is 7.61. The highest BCUT2D eigenvalue weighted by molar-refractivity contribution is 5.63. The predicted octanol–water partition coefficient (Wildman–Crippen LogP) is 0.984. The van der Waals surface area contributed by atoms with Crippen molar-refractivity contribution in [2.45, 2.75) is 26.2 Å². The maximum Gasteiger partial charge on any atom is 0.126 e. The lowest BCUT2D eigenvalue weighted by atomic mass is 9.95. The lowest BCUT2D eigenvalue weighted by molar-refractivity contribution is -0.112. The van der Waals surface area contributed by atoms with E-state index in [0.717, 1.165) is 25.5 Å². The Labute approximate surface area is 61.2 Å². The summed E-state index contributed by atoms with van der Waals surface area (Å²) in [5.41, 5.74) is -0.0256. The van der Waals surface area contributed by atoms with Crippen molar-refractivity contribution in [1.82, 2.24) is 0 Å². The summed E-state index contributed by atoms with van der Waals surface area (Å²) >= 11 is 0. The minimum Gasteiger partial charge on any atom is -0.396 e. The van der Waals surface area contributed by atoms with Crippen molar-refractivity contribution in [3.63, 3.8) is 0 Å². The normalized spacial score (nSPS) is 23.8. The molecule has 0 aromatic rings. The topological polar surface area (TPSA) is 37.3 Å². The number of hydrogen-bond acceptors (Lipinski definition) is 2. The monoisotopic (exact) mass is 142 g/mol. The Morgan fingerprint density at radius 1 is 1.70 bits per heavy atom. The predicted molar refractivity (Wildman–Crippen MR) is 38.6 cm³/mol. The Bertz CT molecular complexity index is 127. The Morgan fingerprint density at radius 3 is 2.60 bits per heavy atom. The van der Waals surface area contributed by atoms with Crippen molar-refractivity contribution in [3.8, 4) is 0 Å². The van der Waals surface area contributed by atoms with E-state index in [1.807, 2.05) is 6.92 Å². The second-order valence-electron chi connectivity index (χ2n) is 3.47. The van der Waals surface area contributed by atoms with Gasteiger partial charge in [-0.3, -0.25) is 0 Å². The Kier molecular flexibility index (Phi) is 2.09. The molecule has 0 radical (unpaired) electrons. The highest BCUT2D eigenvalue weighted by Crippen LogP contribution is 2.48. The van der Waals surface area contributed by atoms with Crippen molar-refractivity contribution in [2.24, 2.45) is 11.3 Å². The van der Waals surface area contributed by atoms with Crippen LogP contribution in [0.5, 0.6) is 0 Å². The summed E-state index contributed by atoms with van der Waals surface area (Å²) in [6.07, 6.45) is 3.98. The summed E-state index contributed by atoms with van der Waals surface area (Å²) in [7, 11) is 0. The van der Waals surface area contributed by atoms with Gasteiger partial charge in [0.1, 0.15) is 6.29 Å². The Balaban J connectivity index is 2.30. The zero-order valence-corrected chi connectivity index (χ0v) is 6.34. The summed E-state index contributed by atoms with van der Waals surface area (Å²) in [5.74, 6) is 0.285. The van der Waals surface area contributed by atoms with Gasteiger partial charge in [-0.25, -0.2) is 0 Å². The maximum atomic E-state index is 10.5. The number of aliphatic hydroxyl groups is 1. The molecule has 1 atom stereocenters. The average molecular weight is 142 g/mol. The second-order valence-corrected chi connectivity index (χ2v) is 3.47. The van der Waals surface area contributed by atoms with Crippen LogP contribution in [0.3, 0.4) is 0 Å². The van der Waals surface area contributed by atoms with Crippen LogP contribution in [0.1, 0.15) is 26.2 Å². The smallest absolute Gasteiger partial charge is 0.126 e. The van der Waals surface area contributed by atoms with Crippen molar-refractivity contribution in [3.05, 3.63) is 0 Å². The first-order valence-corrected chi connectivity index (χ1v) is 3.80. The maximum absolute atomic E-state index is 10.5. The van der Waals surface area contributed by atoms with Crippen LogP contribution < -0.4 is 0 Å². The van der Waals surface area contributed by atoms with Gasteiger partial charge in [-0.1, -0.05) is 6.92 Å². The number of rotatable bonds is 4. The highest BCUT2D eigenvalue weighted by atomic mass is 16.3. The van der Waals surface area contributed by atoms with E-state index in [4.69, 9.17) is 5.11 Å². The van der Waals surface area contributed by atoms with Crippen LogP contribution in [-0.2, 0) is 4.79 Å². The van der Waals surface area contributed by atoms with Crippen molar-refractivity contribution in [1.29, 1.82) is 0 Å². The molecule has 0 aromatic heterocycles. The summed E-state index contributed by atoms with van der Waals surface area (Å²) in [4.78, 5) is 10.5. The first-order chi connectivity index (χ1) is 4.72. The molecule has 2 nitrogen and oxygen atoms in total. The van der Waals surface area contributed by atoms with Gasteiger partial charge in [0.05, 0.1) is 0 Å². The number of aliphatic hydroxyl groups excluding tert-OH is 1. The molecule has 2 heteroatoms. The molecular weight excluding hydrogens is 128 g/mol. The molecule has 0 aliphatic heterocycles. The molecule has 1 N–H and O–H groups in total. The number of carbonyl (C=O) groups is 1. The first kappa shape index (κ1) is 7.73. The molecule has 1 fully saturated rings. The van der Waals surface area contributed by atoms with Crippen LogP contribution in [0.4, 0.5) is 0 Å². The van der Waals surface area contributed by atoms with E-state index in [-0.39, 0.29) is 17.9 Å². The number of aldehydes is 1. The van der Waals surface area contributed by atoms with E-state index in [9.17, 15) is 4.79 Å². The van der Waals surface area contributed by atoms with Gasteiger partial charge in [-0.2, -0.15) is 0 Å². The minimum absolute atomic E-state index is 0.0256. The van der Waals surface area contributed by atoms with Crippen molar-refractivity contribution in [2.75, 3.05) is 6.61 Å². The number of carbonyl (C=O) groups excluding carboxylic acids is 1. The molecule has 0 amide bonds. The van der Waals surface area contributed by atoms with Gasteiger partial charge in [0, 0.05) is 12.0 Å². The zero-order valence-electron chi connectivity index (χ0n) is 6.34. The van der Waals surface area contributed by atoms with Crippen LogP contribution in [0, 0.1) is 11.3 Å². The second kappa shape index (κ2) is 2.70. The molecule has 58 valence electrons. The van der Waals surface area contributed by atoms with E-state index in [2.05, 4.69) is 0 Å². The van der Waals surface area contributed by atoms with Gasteiger partial charge in [0.25, 0.3) is 0 Å².